The number of benzene rings is 2. The molecule has 132 valence electrons. The number of hydrogen-bond donors (Lipinski definition) is 2. The minimum atomic E-state index is -0.380. The molecule has 0 aliphatic rings. The highest BCUT2D eigenvalue weighted by Crippen LogP contribution is 2.23. The fourth-order valence-corrected chi connectivity index (χ4v) is 3.09. The minimum absolute atomic E-state index is 0.246. The van der Waals surface area contributed by atoms with Gasteiger partial charge in [-0.2, -0.15) is 0 Å². The van der Waals surface area contributed by atoms with Crippen molar-refractivity contribution in [2.45, 2.75) is 6.54 Å². The number of amides is 2. The van der Waals surface area contributed by atoms with Gasteiger partial charge in [-0.25, -0.2) is 4.98 Å². The number of nitrogens with one attached hydrogen (secondary N) is 2. The third-order valence-corrected chi connectivity index (χ3v) is 4.93. The molecule has 0 fully saturated rings. The number of rotatable bonds is 5. The van der Waals surface area contributed by atoms with E-state index in [0.29, 0.717) is 27.3 Å². The number of anilines is 1. The molecular weight excluding hydrogens is 393 g/mol. The Bertz CT molecular complexity index is 945. The van der Waals surface area contributed by atoms with Crippen molar-refractivity contribution in [3.05, 3.63) is 80.8 Å². The molecule has 2 aromatic carbocycles. The first kappa shape index (κ1) is 18.4. The predicted octanol–water partition coefficient (Wildman–Crippen LogP) is 4.63. The van der Waals surface area contributed by atoms with Crippen molar-refractivity contribution in [2.75, 3.05) is 5.32 Å². The molecule has 5 nitrogen and oxygen atoms in total. The maximum atomic E-state index is 12.2. The van der Waals surface area contributed by atoms with Crippen LogP contribution in [-0.4, -0.2) is 16.8 Å². The van der Waals surface area contributed by atoms with Crippen molar-refractivity contribution >= 4 is 51.5 Å². The number of carbonyl (C=O) groups is 2. The van der Waals surface area contributed by atoms with Crippen molar-refractivity contribution < 1.29 is 9.59 Å². The minimum Gasteiger partial charge on any atom is -0.347 e. The van der Waals surface area contributed by atoms with Crippen molar-refractivity contribution in [1.82, 2.24) is 10.3 Å². The predicted molar refractivity (Wildman–Crippen MR) is 104 cm³/mol. The van der Waals surface area contributed by atoms with Crippen LogP contribution >= 0.6 is 34.5 Å². The van der Waals surface area contributed by atoms with Crippen molar-refractivity contribution in [3.63, 3.8) is 0 Å². The zero-order valence-corrected chi connectivity index (χ0v) is 15.7. The number of carbonyl (C=O) groups excluding carboxylic acids is 2. The zero-order valence-electron chi connectivity index (χ0n) is 13.3. The van der Waals surface area contributed by atoms with Gasteiger partial charge < -0.3 is 5.32 Å². The van der Waals surface area contributed by atoms with Gasteiger partial charge >= 0.3 is 0 Å². The van der Waals surface area contributed by atoms with Gasteiger partial charge in [0.1, 0.15) is 5.69 Å². The van der Waals surface area contributed by atoms with Gasteiger partial charge in [0.05, 0.1) is 10.0 Å². The van der Waals surface area contributed by atoms with Crippen molar-refractivity contribution in [3.8, 4) is 0 Å². The van der Waals surface area contributed by atoms with Gasteiger partial charge in [-0.05, 0) is 23.8 Å². The van der Waals surface area contributed by atoms with Gasteiger partial charge in [0.25, 0.3) is 11.8 Å². The van der Waals surface area contributed by atoms with Crippen molar-refractivity contribution in [2.24, 2.45) is 0 Å². The quantitative estimate of drug-likeness (QED) is 0.649. The summed E-state index contributed by atoms with van der Waals surface area (Å²) in [5.74, 6) is -0.686. The van der Waals surface area contributed by atoms with Crippen molar-refractivity contribution in [1.29, 1.82) is 0 Å². The molecule has 2 amide bonds. The Hall–Kier alpha value is -2.41. The van der Waals surface area contributed by atoms with E-state index in [1.54, 1.807) is 17.5 Å². The molecule has 0 bridgehead atoms. The molecule has 1 aromatic heterocycles. The highest BCUT2D eigenvalue weighted by molar-refractivity contribution is 7.14. The lowest BCUT2D eigenvalue weighted by molar-refractivity contribution is 0.0945. The van der Waals surface area contributed by atoms with E-state index in [0.717, 1.165) is 5.56 Å². The maximum Gasteiger partial charge on any atom is 0.271 e. The Kier molecular flexibility index (Phi) is 5.88. The van der Waals surface area contributed by atoms with Crippen LogP contribution < -0.4 is 10.6 Å². The normalized spacial score (nSPS) is 10.4. The number of nitrogens with zero attached hydrogens (tertiary/aromatic N) is 1. The molecule has 3 aromatic rings. The molecular formula is C18H13Cl2N3O2S. The van der Waals surface area contributed by atoms with Crippen LogP contribution in [0.2, 0.25) is 10.0 Å². The average molecular weight is 406 g/mol. The average Bonchev–Trinajstić information content (AvgIpc) is 3.11. The topological polar surface area (TPSA) is 71.1 Å². The largest absolute Gasteiger partial charge is 0.347 e. The molecule has 1 heterocycles. The highest BCUT2D eigenvalue weighted by atomic mass is 35.5. The van der Waals surface area contributed by atoms with Gasteiger partial charge in [0.2, 0.25) is 0 Å². The number of halogens is 2. The van der Waals surface area contributed by atoms with E-state index < -0.39 is 0 Å². The summed E-state index contributed by atoms with van der Waals surface area (Å²) in [6.45, 7) is 0.405. The molecule has 0 aliphatic heterocycles. The second-order valence-electron chi connectivity index (χ2n) is 5.29. The number of hydrogen-bond acceptors (Lipinski definition) is 4. The molecule has 2 N–H and O–H groups in total. The van der Waals surface area contributed by atoms with E-state index in [-0.39, 0.29) is 17.5 Å². The Morgan fingerprint density at radius 3 is 2.50 bits per heavy atom. The lowest BCUT2D eigenvalue weighted by atomic mass is 10.2. The van der Waals surface area contributed by atoms with Gasteiger partial charge in [-0.15, -0.1) is 11.3 Å². The highest BCUT2D eigenvalue weighted by Gasteiger charge is 2.14. The summed E-state index contributed by atoms with van der Waals surface area (Å²) in [5, 5.41) is 8.00. The molecule has 0 saturated carbocycles. The van der Waals surface area contributed by atoms with Gasteiger partial charge in [0.15, 0.2) is 5.13 Å². The molecule has 0 spiro atoms. The first-order valence-corrected chi connectivity index (χ1v) is 9.20. The third kappa shape index (κ3) is 4.60. The standard InChI is InChI=1S/C18H13Cl2N3O2S/c19-13-7-6-12(8-14(13)20)16(24)23-18-22-15(10-26-18)17(25)21-9-11-4-2-1-3-5-11/h1-8,10H,9H2,(H,21,25)(H,22,23,24). The molecule has 0 unspecified atom stereocenters. The molecule has 0 radical (unpaired) electrons. The Labute approximate surface area is 164 Å². The lowest BCUT2D eigenvalue weighted by Gasteiger charge is -2.04. The van der Waals surface area contributed by atoms with E-state index in [2.05, 4.69) is 15.6 Å². The molecule has 26 heavy (non-hydrogen) atoms. The van der Waals surface area contributed by atoms with Crippen LogP contribution in [0.3, 0.4) is 0 Å². The number of thiazole rings is 1. The summed E-state index contributed by atoms with van der Waals surface area (Å²) in [6, 6.07) is 14.1. The molecule has 0 aliphatic carbocycles. The monoisotopic (exact) mass is 405 g/mol. The first-order valence-electron chi connectivity index (χ1n) is 7.57. The van der Waals surface area contributed by atoms with E-state index >= 15 is 0 Å². The second kappa shape index (κ2) is 8.31. The summed E-state index contributed by atoms with van der Waals surface area (Å²) in [6.07, 6.45) is 0. The van der Waals surface area contributed by atoms with Crippen LogP contribution in [0.4, 0.5) is 5.13 Å². The Balaban J connectivity index is 1.61. The third-order valence-electron chi connectivity index (χ3n) is 3.43. The summed E-state index contributed by atoms with van der Waals surface area (Å²) in [4.78, 5) is 28.5. The van der Waals surface area contributed by atoms with Gasteiger partial charge in [0, 0.05) is 17.5 Å². The van der Waals surface area contributed by atoms with E-state index in [1.165, 1.54) is 17.4 Å². The van der Waals surface area contributed by atoms with Crippen LogP contribution in [0.15, 0.2) is 53.9 Å². The molecule has 0 atom stereocenters. The first-order chi connectivity index (χ1) is 12.5. The van der Waals surface area contributed by atoms with Crippen LogP contribution in [0.25, 0.3) is 0 Å². The fraction of sp³-hybridized carbons (Fsp3) is 0.0556. The lowest BCUT2D eigenvalue weighted by Crippen LogP contribution is -2.23. The summed E-state index contributed by atoms with van der Waals surface area (Å²) in [5.41, 5.74) is 1.59. The summed E-state index contributed by atoms with van der Waals surface area (Å²) < 4.78 is 0. The van der Waals surface area contributed by atoms with Gasteiger partial charge in [-0.1, -0.05) is 53.5 Å². The Morgan fingerprint density at radius 1 is 1.00 bits per heavy atom. The Morgan fingerprint density at radius 2 is 1.77 bits per heavy atom. The van der Waals surface area contributed by atoms with Crippen LogP contribution in [0, 0.1) is 0 Å². The molecule has 8 heteroatoms. The maximum absolute atomic E-state index is 12.2. The zero-order chi connectivity index (χ0) is 18.5. The van der Waals surface area contributed by atoms with Gasteiger partial charge in [-0.3, -0.25) is 14.9 Å². The SMILES string of the molecule is O=C(Nc1nc(C(=O)NCc2ccccc2)cs1)c1ccc(Cl)c(Cl)c1. The van der Waals surface area contributed by atoms with Crippen LogP contribution in [0.5, 0.6) is 0 Å². The fourth-order valence-electron chi connectivity index (χ4n) is 2.11. The van der Waals surface area contributed by atoms with Crippen LogP contribution in [-0.2, 0) is 6.54 Å². The van der Waals surface area contributed by atoms with E-state index in [4.69, 9.17) is 23.2 Å². The van der Waals surface area contributed by atoms with E-state index in [1.807, 2.05) is 30.3 Å². The summed E-state index contributed by atoms with van der Waals surface area (Å²) in [7, 11) is 0. The smallest absolute Gasteiger partial charge is 0.271 e. The second-order valence-corrected chi connectivity index (χ2v) is 6.96. The molecule has 0 saturated heterocycles. The molecule has 3 rings (SSSR count). The van der Waals surface area contributed by atoms with E-state index in [9.17, 15) is 9.59 Å². The number of aromatic nitrogens is 1. The summed E-state index contributed by atoms with van der Waals surface area (Å²) >= 11 is 12.9. The van der Waals surface area contributed by atoms with Crippen LogP contribution in [0.1, 0.15) is 26.4 Å².